The number of sulfone groups is 1. The highest BCUT2D eigenvalue weighted by Gasteiger charge is 2.21. The number of aliphatic hydroxyl groups is 1. The molecular formula is C24H27N3O5S. The fourth-order valence-corrected chi connectivity index (χ4v) is 4.52. The SMILES string of the molecule is CNC(=O)c1cc(S(=O)(=O)c2ccc(CCNC[C@H](O)c3ccc(C)nc3)cc2)ccc1O. The molecule has 4 N–H and O–H groups in total. The van der Waals surface area contributed by atoms with Gasteiger partial charge in [-0.15, -0.1) is 0 Å². The Morgan fingerprint density at radius 3 is 2.39 bits per heavy atom. The van der Waals surface area contributed by atoms with Crippen LogP contribution in [-0.4, -0.2) is 49.7 Å². The van der Waals surface area contributed by atoms with Gasteiger partial charge >= 0.3 is 0 Å². The number of aromatic nitrogens is 1. The Morgan fingerprint density at radius 1 is 1.06 bits per heavy atom. The van der Waals surface area contributed by atoms with Gasteiger partial charge in [-0.1, -0.05) is 18.2 Å². The molecule has 0 saturated carbocycles. The number of benzene rings is 2. The van der Waals surface area contributed by atoms with Crippen molar-refractivity contribution in [3.05, 3.63) is 83.2 Å². The van der Waals surface area contributed by atoms with Crippen molar-refractivity contribution in [3.63, 3.8) is 0 Å². The number of pyridine rings is 1. The first-order valence-electron chi connectivity index (χ1n) is 10.4. The molecule has 8 nitrogen and oxygen atoms in total. The van der Waals surface area contributed by atoms with Crippen molar-refractivity contribution in [1.29, 1.82) is 0 Å². The minimum Gasteiger partial charge on any atom is -0.507 e. The number of nitrogens with one attached hydrogen (secondary N) is 2. The zero-order valence-electron chi connectivity index (χ0n) is 18.4. The van der Waals surface area contributed by atoms with Gasteiger partial charge in [0.1, 0.15) is 5.75 Å². The van der Waals surface area contributed by atoms with E-state index in [2.05, 4.69) is 15.6 Å². The number of phenols is 1. The fourth-order valence-electron chi connectivity index (χ4n) is 3.24. The molecule has 174 valence electrons. The zero-order chi connectivity index (χ0) is 24.0. The predicted molar refractivity (Wildman–Crippen MR) is 124 cm³/mol. The summed E-state index contributed by atoms with van der Waals surface area (Å²) in [5.74, 6) is -0.865. The first-order chi connectivity index (χ1) is 15.7. The largest absolute Gasteiger partial charge is 0.507 e. The van der Waals surface area contributed by atoms with Crippen LogP contribution in [0.5, 0.6) is 5.75 Å². The first kappa shape index (κ1) is 24.4. The van der Waals surface area contributed by atoms with Crippen molar-refractivity contribution in [2.24, 2.45) is 0 Å². The van der Waals surface area contributed by atoms with Crippen LogP contribution in [0.3, 0.4) is 0 Å². The summed E-state index contributed by atoms with van der Waals surface area (Å²) in [7, 11) is -2.45. The number of amides is 1. The summed E-state index contributed by atoms with van der Waals surface area (Å²) in [4.78, 5) is 16.1. The Morgan fingerprint density at radius 2 is 1.76 bits per heavy atom. The highest BCUT2D eigenvalue weighted by atomic mass is 32.2. The van der Waals surface area contributed by atoms with Gasteiger partial charge in [-0.2, -0.15) is 0 Å². The first-order valence-corrected chi connectivity index (χ1v) is 11.9. The van der Waals surface area contributed by atoms with E-state index in [0.717, 1.165) is 22.9 Å². The topological polar surface area (TPSA) is 129 Å². The van der Waals surface area contributed by atoms with Gasteiger partial charge in [-0.05, 0) is 61.9 Å². The third-order valence-electron chi connectivity index (χ3n) is 5.23. The molecule has 0 aliphatic heterocycles. The number of aliphatic hydroxyl groups excluding tert-OH is 1. The average Bonchev–Trinajstić information content (AvgIpc) is 2.82. The Bertz CT molecular complexity index is 1210. The van der Waals surface area contributed by atoms with Crippen LogP contribution in [0.25, 0.3) is 0 Å². The van der Waals surface area contributed by atoms with E-state index >= 15 is 0 Å². The molecule has 0 unspecified atom stereocenters. The number of hydrogen-bond donors (Lipinski definition) is 4. The maximum absolute atomic E-state index is 13.0. The van der Waals surface area contributed by atoms with E-state index in [4.69, 9.17) is 0 Å². The molecular weight excluding hydrogens is 442 g/mol. The Kier molecular flexibility index (Phi) is 7.80. The second kappa shape index (κ2) is 10.6. The second-order valence-electron chi connectivity index (χ2n) is 7.61. The van der Waals surface area contributed by atoms with Gasteiger partial charge in [0, 0.05) is 31.0 Å². The van der Waals surface area contributed by atoms with Crippen molar-refractivity contribution in [2.75, 3.05) is 20.1 Å². The molecule has 0 aliphatic rings. The van der Waals surface area contributed by atoms with Gasteiger partial charge in [-0.25, -0.2) is 8.42 Å². The summed E-state index contributed by atoms with van der Waals surface area (Å²) in [6, 6.07) is 13.8. The summed E-state index contributed by atoms with van der Waals surface area (Å²) in [6.45, 7) is 2.87. The molecule has 3 rings (SSSR count). The highest BCUT2D eigenvalue weighted by Crippen LogP contribution is 2.26. The summed E-state index contributed by atoms with van der Waals surface area (Å²) >= 11 is 0. The summed E-state index contributed by atoms with van der Waals surface area (Å²) in [6.07, 6.45) is 1.65. The Balaban J connectivity index is 1.60. The van der Waals surface area contributed by atoms with Crippen molar-refractivity contribution in [3.8, 4) is 5.75 Å². The molecule has 0 saturated heterocycles. The third kappa shape index (κ3) is 5.95. The van der Waals surface area contributed by atoms with E-state index in [9.17, 15) is 23.4 Å². The molecule has 1 amide bonds. The van der Waals surface area contributed by atoms with Crippen LogP contribution in [-0.2, 0) is 16.3 Å². The van der Waals surface area contributed by atoms with Crippen LogP contribution in [0.2, 0.25) is 0 Å². The lowest BCUT2D eigenvalue weighted by molar-refractivity contribution is 0.0960. The summed E-state index contributed by atoms with van der Waals surface area (Å²) in [5.41, 5.74) is 2.47. The number of aryl methyl sites for hydroxylation is 1. The smallest absolute Gasteiger partial charge is 0.254 e. The molecule has 2 aromatic carbocycles. The molecule has 0 bridgehead atoms. The number of phenolic OH excluding ortho intramolecular Hbond substituents is 1. The summed E-state index contributed by atoms with van der Waals surface area (Å²) in [5, 5.41) is 25.6. The number of rotatable bonds is 9. The fraction of sp³-hybridized carbons (Fsp3) is 0.250. The minimum absolute atomic E-state index is 0.0760. The van der Waals surface area contributed by atoms with E-state index in [0.29, 0.717) is 19.5 Å². The molecule has 0 fully saturated rings. The lowest BCUT2D eigenvalue weighted by Gasteiger charge is -2.12. The monoisotopic (exact) mass is 469 g/mol. The number of carbonyl (C=O) groups excluding carboxylic acids is 1. The van der Waals surface area contributed by atoms with Gasteiger partial charge in [0.2, 0.25) is 9.84 Å². The predicted octanol–water partition coefficient (Wildman–Crippen LogP) is 2.15. The average molecular weight is 470 g/mol. The molecule has 0 radical (unpaired) electrons. The number of aromatic hydroxyl groups is 1. The van der Waals surface area contributed by atoms with E-state index in [1.165, 1.54) is 31.3 Å². The van der Waals surface area contributed by atoms with E-state index in [1.807, 2.05) is 19.1 Å². The van der Waals surface area contributed by atoms with Gasteiger partial charge in [0.15, 0.2) is 0 Å². The van der Waals surface area contributed by atoms with Crippen LogP contribution < -0.4 is 10.6 Å². The summed E-state index contributed by atoms with van der Waals surface area (Å²) < 4.78 is 25.9. The number of carbonyl (C=O) groups is 1. The Hall–Kier alpha value is -3.27. The van der Waals surface area contributed by atoms with Crippen molar-refractivity contribution >= 4 is 15.7 Å². The van der Waals surface area contributed by atoms with Crippen LogP contribution in [0, 0.1) is 6.92 Å². The molecule has 9 heteroatoms. The number of hydrogen-bond acceptors (Lipinski definition) is 7. The molecule has 3 aromatic rings. The maximum atomic E-state index is 13.0. The van der Waals surface area contributed by atoms with E-state index in [1.54, 1.807) is 18.3 Å². The Labute approximate surface area is 193 Å². The third-order valence-corrected chi connectivity index (χ3v) is 7.00. The zero-order valence-corrected chi connectivity index (χ0v) is 19.3. The van der Waals surface area contributed by atoms with Gasteiger partial charge in [0.25, 0.3) is 5.91 Å². The van der Waals surface area contributed by atoms with Crippen LogP contribution in [0.1, 0.15) is 33.3 Å². The lowest BCUT2D eigenvalue weighted by atomic mass is 10.1. The molecule has 1 heterocycles. The van der Waals surface area contributed by atoms with Crippen LogP contribution in [0.4, 0.5) is 0 Å². The van der Waals surface area contributed by atoms with Crippen molar-refractivity contribution in [1.82, 2.24) is 15.6 Å². The van der Waals surface area contributed by atoms with Crippen LogP contribution in [0.15, 0.2) is 70.6 Å². The molecule has 0 spiro atoms. The van der Waals surface area contributed by atoms with E-state index in [-0.39, 0.29) is 21.1 Å². The number of nitrogens with zero attached hydrogens (tertiary/aromatic N) is 1. The minimum atomic E-state index is -3.85. The quantitative estimate of drug-likeness (QED) is 0.354. The van der Waals surface area contributed by atoms with Gasteiger partial charge < -0.3 is 20.8 Å². The highest BCUT2D eigenvalue weighted by molar-refractivity contribution is 7.91. The van der Waals surface area contributed by atoms with Crippen molar-refractivity contribution in [2.45, 2.75) is 29.2 Å². The van der Waals surface area contributed by atoms with Crippen LogP contribution >= 0.6 is 0 Å². The van der Waals surface area contributed by atoms with E-state index < -0.39 is 21.8 Å². The molecule has 33 heavy (non-hydrogen) atoms. The standard InChI is InChI=1S/C24H27N3O5S/c1-16-3-6-18(14-27-16)23(29)15-26-12-11-17-4-7-19(8-5-17)33(31,32)20-9-10-22(28)21(13-20)24(30)25-2/h3-10,13-14,23,26,28-29H,11-12,15H2,1-2H3,(H,25,30)/t23-/m0/s1. The molecule has 1 aromatic heterocycles. The maximum Gasteiger partial charge on any atom is 0.254 e. The molecule has 0 aliphatic carbocycles. The second-order valence-corrected chi connectivity index (χ2v) is 9.56. The normalized spacial score (nSPS) is 12.3. The van der Waals surface area contributed by atoms with Crippen molar-refractivity contribution < 1.29 is 23.4 Å². The molecule has 1 atom stereocenters. The lowest BCUT2D eigenvalue weighted by Crippen LogP contribution is -2.23. The van der Waals surface area contributed by atoms with Gasteiger partial charge in [0.05, 0.1) is 21.5 Å². The van der Waals surface area contributed by atoms with Gasteiger partial charge in [-0.3, -0.25) is 9.78 Å².